The normalized spacial score (nSPS) is 11.1. The number of nitrogens with zero attached hydrogens (tertiary/aromatic N) is 2. The Morgan fingerprint density at radius 3 is 2.04 bits per heavy atom. The molecule has 1 aromatic heterocycles. The van der Waals surface area contributed by atoms with E-state index in [4.69, 9.17) is 18.9 Å². The van der Waals surface area contributed by atoms with Gasteiger partial charge in [0.25, 0.3) is 0 Å². The molecule has 0 saturated heterocycles. The van der Waals surface area contributed by atoms with Gasteiger partial charge in [0.1, 0.15) is 11.5 Å². The lowest BCUT2D eigenvalue weighted by Crippen LogP contribution is -2.15. The molecule has 0 spiro atoms. The van der Waals surface area contributed by atoms with Crippen LogP contribution in [0.2, 0.25) is 0 Å². The Bertz CT molecular complexity index is 488. The fourth-order valence-corrected chi connectivity index (χ4v) is 1.91. The Morgan fingerprint density at radius 1 is 0.962 bits per heavy atom. The summed E-state index contributed by atoms with van der Waals surface area (Å²) >= 11 is 0. The first kappa shape index (κ1) is 22.4. The highest BCUT2D eigenvalue weighted by Gasteiger charge is 2.12. The second-order valence-corrected chi connectivity index (χ2v) is 5.78. The summed E-state index contributed by atoms with van der Waals surface area (Å²) in [5, 5.41) is 11.0. The molecule has 0 saturated carbocycles. The van der Waals surface area contributed by atoms with Crippen molar-refractivity contribution in [2.24, 2.45) is 5.92 Å². The predicted molar refractivity (Wildman–Crippen MR) is 101 cm³/mol. The van der Waals surface area contributed by atoms with Crippen LogP contribution in [-0.2, 0) is 18.9 Å². The van der Waals surface area contributed by atoms with Gasteiger partial charge in [-0.3, -0.25) is 4.79 Å². The molecule has 0 aliphatic heterocycles. The zero-order valence-corrected chi connectivity index (χ0v) is 16.0. The number of anilines is 1. The minimum Gasteiger partial charge on any atom is -0.379 e. The largest absolute Gasteiger partial charge is 0.379 e. The number of aromatic nitrogens is 2. The van der Waals surface area contributed by atoms with Crippen LogP contribution in [-0.4, -0.2) is 75.4 Å². The van der Waals surface area contributed by atoms with Gasteiger partial charge in [0.05, 0.1) is 46.2 Å². The van der Waals surface area contributed by atoms with Gasteiger partial charge in [-0.25, -0.2) is 0 Å². The molecular weight excluding hydrogens is 338 g/mol. The van der Waals surface area contributed by atoms with E-state index in [1.165, 1.54) is 0 Å². The van der Waals surface area contributed by atoms with Gasteiger partial charge >= 0.3 is 0 Å². The monoisotopic (exact) mass is 371 g/mol. The molecule has 0 bridgehead atoms. The zero-order chi connectivity index (χ0) is 19.0. The van der Waals surface area contributed by atoms with Gasteiger partial charge in [0.2, 0.25) is 0 Å². The second-order valence-electron chi connectivity index (χ2n) is 5.78. The molecule has 0 fully saturated rings. The minimum atomic E-state index is -0.0830. The number of ether oxygens (including phenoxy) is 4. The van der Waals surface area contributed by atoms with Crippen molar-refractivity contribution in [3.05, 3.63) is 17.8 Å². The van der Waals surface area contributed by atoms with E-state index in [-0.39, 0.29) is 13.1 Å². The summed E-state index contributed by atoms with van der Waals surface area (Å²) in [7, 11) is 0. The first-order chi connectivity index (χ1) is 12.6. The Hall–Kier alpha value is -1.61. The van der Waals surface area contributed by atoms with Crippen LogP contribution in [0.15, 0.2) is 12.1 Å². The maximum Gasteiger partial charge on any atom is 0.185 e. The first-order valence-electron chi connectivity index (χ1n) is 9.08. The molecule has 0 radical (unpaired) electrons. The average Bonchev–Trinajstić information content (AvgIpc) is 2.65. The van der Waals surface area contributed by atoms with E-state index in [0.717, 1.165) is 0 Å². The average molecular weight is 371 g/mol. The van der Waals surface area contributed by atoms with Crippen LogP contribution in [0.3, 0.4) is 0 Å². The van der Waals surface area contributed by atoms with Gasteiger partial charge < -0.3 is 24.3 Å². The summed E-state index contributed by atoms with van der Waals surface area (Å²) in [6.45, 7) is 10.8. The Balaban J connectivity index is 0.00000676. The molecule has 1 heterocycles. The van der Waals surface area contributed by atoms with Crippen LogP contribution in [0, 0.1) is 5.92 Å². The third kappa shape index (κ3) is 10.4. The van der Waals surface area contributed by atoms with E-state index in [0.29, 0.717) is 70.9 Å². The van der Waals surface area contributed by atoms with Crippen LogP contribution in [0.4, 0.5) is 5.82 Å². The van der Waals surface area contributed by atoms with E-state index in [1.54, 1.807) is 12.1 Å². The predicted octanol–water partition coefficient (Wildman–Crippen LogP) is 2.06. The molecular formula is C18H33N3O5. The molecule has 0 amide bonds. The highest BCUT2D eigenvalue weighted by molar-refractivity contribution is 5.95. The standard InChI is InChI=1S/C18H31N3O5.H2/c1-4-23-9-10-25-13-14-26-12-11-24-8-7-19-17-6-5-16(20-21-17)18(22)15(2)3;/h5-6,15H,4,7-14H2,1-3H3,(H,19,21);1H. The van der Waals surface area contributed by atoms with Gasteiger partial charge in [-0.1, -0.05) is 13.8 Å². The number of carbonyl (C=O) groups excluding carboxylic acids is 1. The van der Waals surface area contributed by atoms with Gasteiger partial charge in [-0.15, -0.1) is 10.2 Å². The van der Waals surface area contributed by atoms with Crippen molar-refractivity contribution >= 4 is 11.6 Å². The van der Waals surface area contributed by atoms with Crippen LogP contribution < -0.4 is 5.32 Å². The topological polar surface area (TPSA) is 91.8 Å². The second kappa shape index (κ2) is 14.5. The summed E-state index contributed by atoms with van der Waals surface area (Å²) in [6, 6.07) is 3.43. The van der Waals surface area contributed by atoms with E-state index < -0.39 is 0 Å². The van der Waals surface area contributed by atoms with Crippen molar-refractivity contribution in [2.45, 2.75) is 20.8 Å². The Kier molecular flexibility index (Phi) is 12.6. The van der Waals surface area contributed by atoms with Gasteiger partial charge in [0.15, 0.2) is 5.78 Å². The van der Waals surface area contributed by atoms with Crippen LogP contribution in [0.5, 0.6) is 0 Å². The van der Waals surface area contributed by atoms with Crippen molar-refractivity contribution in [1.29, 1.82) is 0 Å². The number of nitrogens with one attached hydrogen (secondary N) is 1. The number of rotatable bonds is 16. The third-order valence-corrected chi connectivity index (χ3v) is 3.31. The fraction of sp³-hybridized carbons (Fsp3) is 0.722. The molecule has 8 heteroatoms. The Labute approximate surface area is 157 Å². The third-order valence-electron chi connectivity index (χ3n) is 3.31. The van der Waals surface area contributed by atoms with Crippen molar-refractivity contribution < 1.29 is 25.2 Å². The minimum absolute atomic E-state index is 0. The van der Waals surface area contributed by atoms with Crippen molar-refractivity contribution in [3.63, 3.8) is 0 Å². The lowest BCUT2D eigenvalue weighted by Gasteiger charge is -2.08. The molecule has 26 heavy (non-hydrogen) atoms. The molecule has 8 nitrogen and oxygen atoms in total. The van der Waals surface area contributed by atoms with Gasteiger partial charge in [-0.2, -0.15) is 0 Å². The van der Waals surface area contributed by atoms with E-state index >= 15 is 0 Å². The Morgan fingerprint density at radius 2 is 1.54 bits per heavy atom. The lowest BCUT2D eigenvalue weighted by atomic mass is 10.1. The fourth-order valence-electron chi connectivity index (χ4n) is 1.91. The molecule has 0 aliphatic carbocycles. The molecule has 1 N–H and O–H groups in total. The van der Waals surface area contributed by atoms with Crippen molar-refractivity contribution in [1.82, 2.24) is 10.2 Å². The number of carbonyl (C=O) groups is 1. The molecule has 0 aliphatic rings. The van der Waals surface area contributed by atoms with Gasteiger partial charge in [-0.05, 0) is 19.1 Å². The first-order valence-corrected chi connectivity index (χ1v) is 9.08. The summed E-state index contributed by atoms with van der Waals surface area (Å²) in [5.41, 5.74) is 0.390. The van der Waals surface area contributed by atoms with Crippen molar-refractivity contribution in [2.75, 3.05) is 64.7 Å². The molecule has 1 rings (SSSR count). The van der Waals surface area contributed by atoms with E-state index in [1.807, 2.05) is 20.8 Å². The maximum atomic E-state index is 11.8. The van der Waals surface area contributed by atoms with Crippen molar-refractivity contribution in [3.8, 4) is 0 Å². The highest BCUT2D eigenvalue weighted by Crippen LogP contribution is 2.07. The zero-order valence-electron chi connectivity index (χ0n) is 16.0. The quantitative estimate of drug-likeness (QED) is 0.349. The number of hydrogen-bond donors (Lipinski definition) is 1. The molecule has 0 unspecified atom stereocenters. The molecule has 0 aromatic carbocycles. The molecule has 1 aromatic rings. The smallest absolute Gasteiger partial charge is 0.185 e. The number of ketones is 1. The highest BCUT2D eigenvalue weighted by atomic mass is 16.6. The van der Waals surface area contributed by atoms with E-state index in [9.17, 15) is 4.79 Å². The van der Waals surface area contributed by atoms with Crippen LogP contribution in [0.25, 0.3) is 0 Å². The molecule has 150 valence electrons. The summed E-state index contributed by atoms with van der Waals surface area (Å²) in [5.74, 6) is 0.529. The SMILES string of the molecule is CCOCCOCCOCCOCCNc1ccc(C(=O)C(C)C)nn1.[HH]. The number of hydrogen-bond acceptors (Lipinski definition) is 8. The maximum absolute atomic E-state index is 11.8. The van der Waals surface area contributed by atoms with E-state index in [2.05, 4.69) is 15.5 Å². The molecule has 0 atom stereocenters. The summed E-state index contributed by atoms with van der Waals surface area (Å²) in [6.07, 6.45) is 0. The number of Topliss-reactive ketones (excluding diaryl/α,β-unsaturated/α-hetero) is 1. The summed E-state index contributed by atoms with van der Waals surface area (Å²) < 4.78 is 21.3. The van der Waals surface area contributed by atoms with Gasteiger partial charge in [0, 0.05) is 20.5 Å². The summed E-state index contributed by atoms with van der Waals surface area (Å²) in [4.78, 5) is 11.8. The van der Waals surface area contributed by atoms with Crippen LogP contribution >= 0.6 is 0 Å². The lowest BCUT2D eigenvalue weighted by molar-refractivity contribution is 0.000608. The van der Waals surface area contributed by atoms with Crippen LogP contribution in [0.1, 0.15) is 32.7 Å².